The lowest BCUT2D eigenvalue weighted by Crippen LogP contribution is -2.10. The van der Waals surface area contributed by atoms with E-state index in [0.29, 0.717) is 0 Å². The number of furan rings is 1. The summed E-state index contributed by atoms with van der Waals surface area (Å²) in [6, 6.07) is 68.1. The second-order valence-corrected chi connectivity index (χ2v) is 13.7. The standard InChI is InChI=1S/C50H31NO/c1-4-11-41-33(8-1)16-18-36-20-21-38(30-46(36)41)32-22-26-39(27-23-32)51(40-28-24-37-19-17-34-9-2-5-12-42(34)47(37)31-40)48-15-7-14-44-45-29-25-35-10-3-6-13-43(35)49(45)52-50(44)48/h1-31H. The Kier molecular flexibility index (Phi) is 6.28. The topological polar surface area (TPSA) is 16.4 Å². The van der Waals surface area contributed by atoms with Crippen LogP contribution in [0.25, 0.3) is 86.9 Å². The first-order valence-electron chi connectivity index (χ1n) is 17.8. The Hall–Kier alpha value is -6.90. The van der Waals surface area contributed by atoms with Gasteiger partial charge in [0.05, 0.1) is 5.69 Å². The number of para-hydroxylation sites is 1. The third-order valence-electron chi connectivity index (χ3n) is 10.8. The fourth-order valence-corrected chi connectivity index (χ4v) is 8.23. The molecule has 0 saturated heterocycles. The van der Waals surface area contributed by atoms with Gasteiger partial charge in [-0.15, -0.1) is 0 Å². The monoisotopic (exact) mass is 661 g/mol. The number of hydrogen-bond donors (Lipinski definition) is 0. The van der Waals surface area contributed by atoms with E-state index < -0.39 is 0 Å². The molecule has 2 nitrogen and oxygen atoms in total. The zero-order valence-electron chi connectivity index (χ0n) is 28.3. The number of nitrogens with zero attached hydrogens (tertiary/aromatic N) is 1. The van der Waals surface area contributed by atoms with E-state index in [1.165, 1.54) is 59.6 Å². The molecule has 0 aliphatic heterocycles. The molecule has 0 atom stereocenters. The molecule has 0 fully saturated rings. The van der Waals surface area contributed by atoms with Crippen molar-refractivity contribution in [3.63, 3.8) is 0 Å². The molecule has 1 heterocycles. The largest absolute Gasteiger partial charge is 0.453 e. The van der Waals surface area contributed by atoms with Gasteiger partial charge in [0, 0.05) is 27.5 Å². The highest BCUT2D eigenvalue weighted by molar-refractivity contribution is 6.18. The SMILES string of the molecule is c1ccc2c(c1)ccc1ccc(-c3ccc(N(c4ccc5ccc6ccccc6c5c4)c4cccc5c4oc4c6ccccc6ccc54)cc3)cc12. The highest BCUT2D eigenvalue weighted by atomic mass is 16.3. The first-order valence-corrected chi connectivity index (χ1v) is 17.8. The number of benzene rings is 10. The van der Waals surface area contributed by atoms with E-state index in [2.05, 4.69) is 193 Å². The van der Waals surface area contributed by atoms with Gasteiger partial charge in [-0.2, -0.15) is 0 Å². The summed E-state index contributed by atoms with van der Waals surface area (Å²) in [5.74, 6) is 0. The molecule has 242 valence electrons. The highest BCUT2D eigenvalue weighted by Gasteiger charge is 2.21. The summed E-state index contributed by atoms with van der Waals surface area (Å²) in [5.41, 5.74) is 7.31. The second kappa shape index (κ2) is 11.3. The molecule has 0 amide bonds. The van der Waals surface area contributed by atoms with Crippen molar-refractivity contribution in [3.8, 4) is 11.1 Å². The maximum Gasteiger partial charge on any atom is 0.159 e. The van der Waals surface area contributed by atoms with Gasteiger partial charge in [0.25, 0.3) is 0 Å². The molecule has 1 aromatic heterocycles. The van der Waals surface area contributed by atoms with Gasteiger partial charge in [0.15, 0.2) is 5.58 Å². The molecule has 0 radical (unpaired) electrons. The Morgan fingerprint density at radius 3 is 1.48 bits per heavy atom. The Balaban J connectivity index is 1.12. The van der Waals surface area contributed by atoms with Crippen LogP contribution in [0, 0.1) is 0 Å². The molecule has 0 aliphatic rings. The fraction of sp³-hybridized carbons (Fsp3) is 0. The van der Waals surface area contributed by atoms with Crippen LogP contribution in [0.2, 0.25) is 0 Å². The minimum Gasteiger partial charge on any atom is -0.453 e. The van der Waals surface area contributed by atoms with Gasteiger partial charge in [-0.1, -0.05) is 146 Å². The summed E-state index contributed by atoms with van der Waals surface area (Å²) in [6.07, 6.45) is 0. The van der Waals surface area contributed by atoms with E-state index in [1.807, 2.05) is 0 Å². The van der Waals surface area contributed by atoms with Gasteiger partial charge in [0.2, 0.25) is 0 Å². The average molecular weight is 662 g/mol. The number of anilines is 3. The van der Waals surface area contributed by atoms with Crippen molar-refractivity contribution < 1.29 is 4.42 Å². The lowest BCUT2D eigenvalue weighted by Gasteiger charge is -2.26. The van der Waals surface area contributed by atoms with E-state index in [9.17, 15) is 0 Å². The maximum absolute atomic E-state index is 6.91. The highest BCUT2D eigenvalue weighted by Crippen LogP contribution is 2.45. The zero-order chi connectivity index (χ0) is 34.2. The smallest absolute Gasteiger partial charge is 0.159 e. The summed E-state index contributed by atoms with van der Waals surface area (Å²) in [4.78, 5) is 2.35. The molecule has 0 aliphatic carbocycles. The van der Waals surface area contributed by atoms with E-state index >= 15 is 0 Å². The summed E-state index contributed by atoms with van der Waals surface area (Å²) in [6.45, 7) is 0. The molecule has 2 heteroatoms. The van der Waals surface area contributed by atoms with Gasteiger partial charge in [0.1, 0.15) is 5.58 Å². The van der Waals surface area contributed by atoms with Crippen LogP contribution < -0.4 is 4.90 Å². The summed E-state index contributed by atoms with van der Waals surface area (Å²) < 4.78 is 6.91. The molecular formula is C50H31NO. The van der Waals surface area contributed by atoms with Crippen molar-refractivity contribution in [1.82, 2.24) is 0 Å². The summed E-state index contributed by atoms with van der Waals surface area (Å²) >= 11 is 0. The quantitative estimate of drug-likeness (QED) is 0.175. The van der Waals surface area contributed by atoms with Gasteiger partial charge in [-0.3, -0.25) is 0 Å². The van der Waals surface area contributed by atoms with E-state index in [-0.39, 0.29) is 0 Å². The first-order chi connectivity index (χ1) is 25.8. The maximum atomic E-state index is 6.91. The van der Waals surface area contributed by atoms with Crippen LogP contribution in [-0.4, -0.2) is 0 Å². The van der Waals surface area contributed by atoms with Crippen LogP contribution in [-0.2, 0) is 0 Å². The molecule has 0 N–H and O–H groups in total. The van der Waals surface area contributed by atoms with Crippen molar-refractivity contribution in [3.05, 3.63) is 188 Å². The molecule has 0 saturated carbocycles. The Morgan fingerprint density at radius 2 is 0.769 bits per heavy atom. The third-order valence-corrected chi connectivity index (χ3v) is 10.8. The van der Waals surface area contributed by atoms with E-state index in [1.54, 1.807) is 0 Å². The summed E-state index contributed by atoms with van der Waals surface area (Å²) in [7, 11) is 0. The van der Waals surface area contributed by atoms with Crippen LogP contribution in [0.5, 0.6) is 0 Å². The van der Waals surface area contributed by atoms with E-state index in [4.69, 9.17) is 4.42 Å². The minimum atomic E-state index is 0.873. The van der Waals surface area contributed by atoms with Gasteiger partial charge in [-0.05, 0) is 102 Å². The van der Waals surface area contributed by atoms with Crippen molar-refractivity contribution in [2.75, 3.05) is 4.90 Å². The molecular weight excluding hydrogens is 631 g/mol. The van der Waals surface area contributed by atoms with Gasteiger partial charge in [-0.25, -0.2) is 0 Å². The van der Waals surface area contributed by atoms with Crippen LogP contribution in [0.3, 0.4) is 0 Å². The lowest BCUT2D eigenvalue weighted by molar-refractivity contribution is 0.673. The van der Waals surface area contributed by atoms with Crippen molar-refractivity contribution in [2.24, 2.45) is 0 Å². The van der Waals surface area contributed by atoms with Crippen LogP contribution in [0.4, 0.5) is 17.1 Å². The molecule has 0 spiro atoms. The van der Waals surface area contributed by atoms with Crippen LogP contribution in [0.1, 0.15) is 0 Å². The lowest BCUT2D eigenvalue weighted by atomic mass is 9.97. The van der Waals surface area contributed by atoms with Crippen molar-refractivity contribution >= 4 is 92.9 Å². The normalized spacial score (nSPS) is 11.8. The van der Waals surface area contributed by atoms with Crippen LogP contribution in [0.15, 0.2) is 192 Å². The second-order valence-electron chi connectivity index (χ2n) is 13.7. The number of hydrogen-bond acceptors (Lipinski definition) is 2. The summed E-state index contributed by atoms with van der Waals surface area (Å²) in [5, 5.41) is 14.5. The Morgan fingerprint density at radius 1 is 0.288 bits per heavy atom. The average Bonchev–Trinajstić information content (AvgIpc) is 3.61. The van der Waals surface area contributed by atoms with Gasteiger partial charge >= 0.3 is 0 Å². The molecule has 10 aromatic carbocycles. The zero-order valence-corrected chi connectivity index (χ0v) is 28.3. The van der Waals surface area contributed by atoms with Crippen LogP contribution >= 0.6 is 0 Å². The number of fused-ring (bicyclic) bond motifs is 11. The molecule has 11 aromatic rings. The molecule has 52 heavy (non-hydrogen) atoms. The fourth-order valence-electron chi connectivity index (χ4n) is 8.23. The Bertz CT molecular complexity index is 3190. The van der Waals surface area contributed by atoms with E-state index in [0.717, 1.165) is 44.4 Å². The predicted molar refractivity (Wildman–Crippen MR) is 221 cm³/mol. The minimum absolute atomic E-state index is 0.873. The third kappa shape index (κ3) is 4.44. The predicted octanol–water partition coefficient (Wildman–Crippen LogP) is 14.5. The number of rotatable bonds is 4. The Labute approximate surface area is 300 Å². The molecule has 11 rings (SSSR count). The molecule has 0 bridgehead atoms. The van der Waals surface area contributed by atoms with Crippen molar-refractivity contribution in [2.45, 2.75) is 0 Å². The van der Waals surface area contributed by atoms with Crippen molar-refractivity contribution in [1.29, 1.82) is 0 Å². The van der Waals surface area contributed by atoms with Gasteiger partial charge < -0.3 is 9.32 Å². The first kappa shape index (κ1) is 28.9. The molecule has 0 unspecified atom stereocenters.